The van der Waals surface area contributed by atoms with Crippen molar-refractivity contribution in [3.05, 3.63) is 18.3 Å². The first-order valence-corrected chi connectivity index (χ1v) is 4.95. The molecule has 1 aromatic rings. The molecule has 4 nitrogen and oxygen atoms in total. The van der Waals surface area contributed by atoms with E-state index in [0.717, 1.165) is 12.2 Å². The molecule has 76 valence electrons. The van der Waals surface area contributed by atoms with Gasteiger partial charge in [-0.3, -0.25) is 0 Å². The summed E-state index contributed by atoms with van der Waals surface area (Å²) in [5.41, 5.74) is 0. The smallest absolute Gasteiger partial charge is 0.148 e. The van der Waals surface area contributed by atoms with Crippen molar-refractivity contribution >= 4 is 5.82 Å². The van der Waals surface area contributed by atoms with E-state index in [-0.39, 0.29) is 6.10 Å². The molecule has 1 fully saturated rings. The molecule has 1 saturated heterocycles. The lowest BCUT2D eigenvalue weighted by Gasteiger charge is -2.15. The average Bonchev–Trinajstić information content (AvgIpc) is 2.47. The summed E-state index contributed by atoms with van der Waals surface area (Å²) in [4.78, 5) is 0. The van der Waals surface area contributed by atoms with Gasteiger partial charge in [-0.25, -0.2) is 0 Å². The lowest BCUT2D eigenvalue weighted by Crippen LogP contribution is -2.27. The van der Waals surface area contributed by atoms with E-state index in [2.05, 4.69) is 29.4 Å². The Morgan fingerprint density at radius 2 is 2.36 bits per heavy atom. The number of rotatable bonds is 2. The number of anilines is 1. The standard InChI is InChI=1S/C10H15N3O/c1-7-6-9(8(2)14-7)12-10-4-3-5-11-13-10/h3-5,7-9H,6H2,1-2H3,(H,12,13). The number of aromatic nitrogens is 2. The Bertz CT molecular complexity index is 291. The molecule has 4 heteroatoms. The van der Waals surface area contributed by atoms with Gasteiger partial charge in [0.2, 0.25) is 0 Å². The zero-order valence-corrected chi connectivity index (χ0v) is 8.47. The van der Waals surface area contributed by atoms with Crippen LogP contribution in [0.3, 0.4) is 0 Å². The number of nitrogens with one attached hydrogen (secondary N) is 1. The van der Waals surface area contributed by atoms with Crippen molar-refractivity contribution in [1.29, 1.82) is 0 Å². The quantitative estimate of drug-likeness (QED) is 0.772. The molecule has 1 N–H and O–H groups in total. The van der Waals surface area contributed by atoms with Crippen molar-refractivity contribution < 1.29 is 4.74 Å². The monoisotopic (exact) mass is 193 g/mol. The van der Waals surface area contributed by atoms with Crippen LogP contribution in [0.1, 0.15) is 20.3 Å². The number of hydrogen-bond acceptors (Lipinski definition) is 4. The van der Waals surface area contributed by atoms with Crippen LogP contribution in [0.15, 0.2) is 18.3 Å². The van der Waals surface area contributed by atoms with Gasteiger partial charge in [0.25, 0.3) is 0 Å². The molecule has 0 aromatic carbocycles. The van der Waals surface area contributed by atoms with Crippen LogP contribution in [0.25, 0.3) is 0 Å². The van der Waals surface area contributed by atoms with Gasteiger partial charge in [-0.15, -0.1) is 5.10 Å². The third-order valence-corrected chi connectivity index (χ3v) is 2.51. The van der Waals surface area contributed by atoms with Crippen molar-refractivity contribution in [3.8, 4) is 0 Å². The maximum atomic E-state index is 5.64. The van der Waals surface area contributed by atoms with Crippen LogP contribution in [0, 0.1) is 0 Å². The van der Waals surface area contributed by atoms with E-state index in [4.69, 9.17) is 4.74 Å². The Kier molecular flexibility index (Phi) is 2.63. The summed E-state index contributed by atoms with van der Waals surface area (Å²) in [5, 5.41) is 11.1. The molecule has 1 aliphatic rings. The topological polar surface area (TPSA) is 47.0 Å². The van der Waals surface area contributed by atoms with Crippen molar-refractivity contribution in [3.63, 3.8) is 0 Å². The lowest BCUT2D eigenvalue weighted by atomic mass is 10.1. The third kappa shape index (κ3) is 2.01. The zero-order valence-electron chi connectivity index (χ0n) is 8.47. The van der Waals surface area contributed by atoms with Crippen LogP contribution >= 0.6 is 0 Å². The minimum Gasteiger partial charge on any atom is -0.373 e. The highest BCUT2D eigenvalue weighted by Crippen LogP contribution is 2.22. The second-order valence-corrected chi connectivity index (χ2v) is 3.75. The molecule has 3 atom stereocenters. The summed E-state index contributed by atoms with van der Waals surface area (Å²) < 4.78 is 5.64. The first kappa shape index (κ1) is 9.40. The summed E-state index contributed by atoms with van der Waals surface area (Å²) >= 11 is 0. The Hall–Kier alpha value is -1.16. The SMILES string of the molecule is CC1CC(Nc2cccnn2)C(C)O1. The Balaban J connectivity index is 1.98. The van der Waals surface area contributed by atoms with Crippen LogP contribution in [0.2, 0.25) is 0 Å². The number of ether oxygens (including phenoxy) is 1. The van der Waals surface area contributed by atoms with Crippen molar-refractivity contribution in [2.75, 3.05) is 5.32 Å². The van der Waals surface area contributed by atoms with Gasteiger partial charge in [-0.2, -0.15) is 5.10 Å². The Labute approximate surface area is 83.7 Å². The van der Waals surface area contributed by atoms with E-state index in [0.29, 0.717) is 12.1 Å². The van der Waals surface area contributed by atoms with E-state index in [1.165, 1.54) is 0 Å². The summed E-state index contributed by atoms with van der Waals surface area (Å²) in [6, 6.07) is 4.14. The first-order chi connectivity index (χ1) is 6.75. The summed E-state index contributed by atoms with van der Waals surface area (Å²) in [6.45, 7) is 4.17. The predicted molar refractivity (Wildman–Crippen MR) is 54.1 cm³/mol. The van der Waals surface area contributed by atoms with Gasteiger partial charge in [-0.1, -0.05) is 0 Å². The van der Waals surface area contributed by atoms with E-state index in [9.17, 15) is 0 Å². The van der Waals surface area contributed by atoms with Gasteiger partial charge in [-0.05, 0) is 32.4 Å². The molecule has 2 heterocycles. The molecule has 0 aliphatic carbocycles. The Morgan fingerprint density at radius 3 is 2.93 bits per heavy atom. The minimum absolute atomic E-state index is 0.243. The highest BCUT2D eigenvalue weighted by Gasteiger charge is 2.29. The molecule has 1 aromatic heterocycles. The maximum absolute atomic E-state index is 5.64. The van der Waals surface area contributed by atoms with Crippen LogP contribution in [0.4, 0.5) is 5.82 Å². The highest BCUT2D eigenvalue weighted by atomic mass is 16.5. The molecule has 0 bridgehead atoms. The van der Waals surface area contributed by atoms with Gasteiger partial charge in [0, 0.05) is 6.20 Å². The molecule has 0 radical (unpaired) electrons. The molecule has 0 amide bonds. The molecule has 0 saturated carbocycles. The lowest BCUT2D eigenvalue weighted by molar-refractivity contribution is 0.0650. The zero-order chi connectivity index (χ0) is 9.97. The third-order valence-electron chi connectivity index (χ3n) is 2.51. The number of hydrogen-bond donors (Lipinski definition) is 1. The molecule has 1 aliphatic heterocycles. The molecule has 3 unspecified atom stereocenters. The van der Waals surface area contributed by atoms with Crippen LogP contribution in [0.5, 0.6) is 0 Å². The van der Waals surface area contributed by atoms with Gasteiger partial charge >= 0.3 is 0 Å². The van der Waals surface area contributed by atoms with Gasteiger partial charge < -0.3 is 10.1 Å². The van der Waals surface area contributed by atoms with Gasteiger partial charge in [0.05, 0.1) is 18.2 Å². The largest absolute Gasteiger partial charge is 0.373 e. The average molecular weight is 193 g/mol. The Morgan fingerprint density at radius 1 is 1.50 bits per heavy atom. The first-order valence-electron chi connectivity index (χ1n) is 4.95. The number of nitrogens with zero attached hydrogens (tertiary/aromatic N) is 2. The van der Waals surface area contributed by atoms with E-state index < -0.39 is 0 Å². The summed E-state index contributed by atoms with van der Waals surface area (Å²) in [5.74, 6) is 0.821. The molecule has 2 rings (SSSR count). The fraction of sp³-hybridized carbons (Fsp3) is 0.600. The summed E-state index contributed by atoms with van der Waals surface area (Å²) in [7, 11) is 0. The van der Waals surface area contributed by atoms with Crippen LogP contribution in [-0.2, 0) is 4.74 Å². The van der Waals surface area contributed by atoms with E-state index in [1.54, 1.807) is 6.20 Å². The fourth-order valence-corrected chi connectivity index (χ4v) is 1.81. The van der Waals surface area contributed by atoms with E-state index in [1.807, 2.05) is 12.1 Å². The summed E-state index contributed by atoms with van der Waals surface area (Å²) in [6.07, 6.45) is 3.27. The van der Waals surface area contributed by atoms with Crippen LogP contribution < -0.4 is 5.32 Å². The normalized spacial score (nSPS) is 31.7. The van der Waals surface area contributed by atoms with Crippen molar-refractivity contribution in [2.45, 2.75) is 38.5 Å². The second-order valence-electron chi connectivity index (χ2n) is 3.75. The highest BCUT2D eigenvalue weighted by molar-refractivity contribution is 5.33. The van der Waals surface area contributed by atoms with Gasteiger partial charge in [0.1, 0.15) is 5.82 Å². The molecule has 14 heavy (non-hydrogen) atoms. The van der Waals surface area contributed by atoms with E-state index >= 15 is 0 Å². The van der Waals surface area contributed by atoms with Crippen molar-refractivity contribution in [2.24, 2.45) is 0 Å². The maximum Gasteiger partial charge on any atom is 0.148 e. The van der Waals surface area contributed by atoms with Gasteiger partial charge in [0.15, 0.2) is 0 Å². The predicted octanol–water partition coefficient (Wildman–Crippen LogP) is 1.45. The molecular formula is C10H15N3O. The second kappa shape index (κ2) is 3.92. The fourth-order valence-electron chi connectivity index (χ4n) is 1.81. The van der Waals surface area contributed by atoms with Crippen LogP contribution in [-0.4, -0.2) is 28.4 Å². The minimum atomic E-state index is 0.243. The van der Waals surface area contributed by atoms with Crippen molar-refractivity contribution in [1.82, 2.24) is 10.2 Å². The molecule has 0 spiro atoms. The molecular weight excluding hydrogens is 178 g/mol.